The average molecular weight is 472 g/mol. The molecular weight excluding hydrogens is 434 g/mol. The van der Waals surface area contributed by atoms with Gasteiger partial charge in [-0.25, -0.2) is 0 Å². The van der Waals surface area contributed by atoms with Crippen LogP contribution in [0.15, 0.2) is 0 Å². The lowest BCUT2D eigenvalue weighted by Crippen LogP contribution is -2.52. The lowest BCUT2D eigenvalue weighted by atomic mass is 9.89. The maximum Gasteiger partial charge on any atom is 0.236 e. The molecule has 0 aromatic carbocycles. The van der Waals surface area contributed by atoms with Crippen LogP contribution >= 0.6 is 11.3 Å². The smallest absolute Gasteiger partial charge is 0.236 e. The third kappa shape index (κ3) is 5.95. The summed E-state index contributed by atoms with van der Waals surface area (Å²) < 4.78 is 0. The van der Waals surface area contributed by atoms with Gasteiger partial charge in [0.1, 0.15) is 11.1 Å². The summed E-state index contributed by atoms with van der Waals surface area (Å²) in [5.74, 6) is 0.884. The van der Waals surface area contributed by atoms with E-state index >= 15 is 0 Å². The quantitative estimate of drug-likeness (QED) is 0.690. The molecule has 180 valence electrons. The predicted octanol–water partition coefficient (Wildman–Crippen LogP) is 3.09. The van der Waals surface area contributed by atoms with Gasteiger partial charge in [-0.15, -0.1) is 11.3 Å². The molecule has 8 heteroatoms. The van der Waals surface area contributed by atoms with Crippen LogP contribution in [0.25, 0.3) is 0 Å². The van der Waals surface area contributed by atoms with E-state index in [4.69, 9.17) is 0 Å². The first-order chi connectivity index (χ1) is 15.9. The van der Waals surface area contributed by atoms with Crippen molar-refractivity contribution in [2.24, 2.45) is 5.92 Å². The molecule has 2 atom stereocenters. The van der Waals surface area contributed by atoms with E-state index in [1.54, 1.807) is 11.3 Å². The van der Waals surface area contributed by atoms with Crippen molar-refractivity contribution in [1.82, 2.24) is 14.7 Å². The molecule has 2 fully saturated rings. The minimum Gasteiger partial charge on any atom is -0.339 e. The lowest BCUT2D eigenvalue weighted by Gasteiger charge is -2.38. The van der Waals surface area contributed by atoms with Crippen molar-refractivity contribution >= 4 is 28.2 Å². The number of likely N-dealkylation sites (tertiary alicyclic amines) is 1. The summed E-state index contributed by atoms with van der Waals surface area (Å²) in [6, 6.07) is 2.69. The van der Waals surface area contributed by atoms with Crippen LogP contribution in [-0.2, 0) is 22.4 Å². The summed E-state index contributed by atoms with van der Waals surface area (Å²) in [4.78, 5) is 33.2. The van der Waals surface area contributed by atoms with Gasteiger partial charge in [0.15, 0.2) is 0 Å². The van der Waals surface area contributed by atoms with Crippen LogP contribution in [0.4, 0.5) is 5.00 Å². The van der Waals surface area contributed by atoms with Crippen LogP contribution in [0.1, 0.15) is 62.0 Å². The molecule has 1 aliphatic carbocycles. The number of carbonyl (C=O) groups excluding carboxylic acids is 2. The molecule has 2 saturated heterocycles. The number of nitrogens with zero attached hydrogens (tertiary/aromatic N) is 4. The van der Waals surface area contributed by atoms with E-state index in [0.717, 1.165) is 75.4 Å². The number of amides is 2. The highest BCUT2D eigenvalue weighted by atomic mass is 32.1. The molecule has 33 heavy (non-hydrogen) atoms. The standard InChI is InChI=1S/C25H37N5O2S/c1-18-6-7-20-21(16-26)25(33-22(20)15-18)27-23(31)8-10-28-11-13-29(14-12-28)17-24(32)30-9-4-3-5-19(30)2/h18-19H,3-15,17H2,1-2H3,(H,27,31). The highest BCUT2D eigenvalue weighted by molar-refractivity contribution is 7.16. The predicted molar refractivity (Wildman–Crippen MR) is 131 cm³/mol. The second kappa shape index (κ2) is 11.0. The van der Waals surface area contributed by atoms with E-state index in [0.29, 0.717) is 37.0 Å². The first-order valence-electron chi connectivity index (χ1n) is 12.5. The molecule has 0 bridgehead atoms. The number of thiophene rings is 1. The van der Waals surface area contributed by atoms with E-state index in [2.05, 4.69) is 39.9 Å². The number of carbonyl (C=O) groups is 2. The maximum absolute atomic E-state index is 12.7. The minimum absolute atomic E-state index is 0.0187. The number of piperazine rings is 1. The summed E-state index contributed by atoms with van der Waals surface area (Å²) in [6.45, 7) is 10.0. The van der Waals surface area contributed by atoms with E-state index in [1.165, 1.54) is 11.3 Å². The topological polar surface area (TPSA) is 79.7 Å². The van der Waals surface area contributed by atoms with Gasteiger partial charge >= 0.3 is 0 Å². The summed E-state index contributed by atoms with van der Waals surface area (Å²) >= 11 is 1.59. The van der Waals surface area contributed by atoms with Crippen LogP contribution in [-0.4, -0.2) is 78.4 Å². The van der Waals surface area contributed by atoms with Gasteiger partial charge in [-0.05, 0) is 56.9 Å². The highest BCUT2D eigenvalue weighted by Crippen LogP contribution is 2.39. The molecule has 1 N–H and O–H groups in total. The zero-order valence-electron chi connectivity index (χ0n) is 20.1. The zero-order valence-corrected chi connectivity index (χ0v) is 20.9. The lowest BCUT2D eigenvalue weighted by molar-refractivity contribution is -0.136. The molecule has 3 aliphatic rings. The first-order valence-corrected chi connectivity index (χ1v) is 13.3. The Labute approximate surface area is 201 Å². The minimum atomic E-state index is -0.0187. The second-order valence-corrected chi connectivity index (χ2v) is 11.1. The number of anilines is 1. The normalized spacial score (nSPS) is 24.2. The van der Waals surface area contributed by atoms with Crippen molar-refractivity contribution in [1.29, 1.82) is 5.26 Å². The van der Waals surface area contributed by atoms with E-state index < -0.39 is 0 Å². The van der Waals surface area contributed by atoms with Crippen LogP contribution in [0.5, 0.6) is 0 Å². The third-order valence-electron chi connectivity index (χ3n) is 7.48. The van der Waals surface area contributed by atoms with Crippen LogP contribution in [0.2, 0.25) is 0 Å². The number of nitriles is 1. The molecule has 7 nitrogen and oxygen atoms in total. The highest BCUT2D eigenvalue weighted by Gasteiger charge is 2.27. The van der Waals surface area contributed by atoms with Crippen LogP contribution in [0.3, 0.4) is 0 Å². The van der Waals surface area contributed by atoms with Crippen molar-refractivity contribution in [2.45, 2.75) is 64.8 Å². The third-order valence-corrected chi connectivity index (χ3v) is 8.65. The first kappa shape index (κ1) is 24.2. The largest absolute Gasteiger partial charge is 0.339 e. The monoisotopic (exact) mass is 471 g/mol. The Kier molecular flexibility index (Phi) is 8.05. The fourth-order valence-electron chi connectivity index (χ4n) is 5.33. The Hall–Kier alpha value is -1.95. The van der Waals surface area contributed by atoms with Crippen molar-refractivity contribution in [2.75, 3.05) is 51.1 Å². The van der Waals surface area contributed by atoms with Gasteiger partial charge < -0.3 is 15.1 Å². The molecule has 1 aromatic heterocycles. The van der Waals surface area contributed by atoms with Crippen molar-refractivity contribution in [3.63, 3.8) is 0 Å². The molecule has 4 rings (SSSR count). The van der Waals surface area contributed by atoms with E-state index in [1.807, 2.05) is 0 Å². The fourth-order valence-corrected chi connectivity index (χ4v) is 6.71. The maximum atomic E-state index is 12.7. The Morgan fingerprint density at radius 1 is 1.09 bits per heavy atom. The Morgan fingerprint density at radius 3 is 2.58 bits per heavy atom. The molecule has 2 aliphatic heterocycles. The molecule has 0 saturated carbocycles. The van der Waals surface area contributed by atoms with Crippen molar-refractivity contribution in [3.05, 3.63) is 16.0 Å². The average Bonchev–Trinajstić information content (AvgIpc) is 3.14. The molecule has 2 unspecified atom stereocenters. The number of hydrogen-bond donors (Lipinski definition) is 1. The summed E-state index contributed by atoms with van der Waals surface area (Å²) in [5.41, 5.74) is 1.83. The van der Waals surface area contributed by atoms with Crippen LogP contribution < -0.4 is 5.32 Å². The van der Waals surface area contributed by atoms with E-state index in [-0.39, 0.29) is 11.8 Å². The van der Waals surface area contributed by atoms with Gasteiger partial charge in [0.05, 0.1) is 12.1 Å². The van der Waals surface area contributed by atoms with Crippen LogP contribution in [0, 0.1) is 17.2 Å². The van der Waals surface area contributed by atoms with Crippen molar-refractivity contribution in [3.8, 4) is 6.07 Å². The van der Waals surface area contributed by atoms with Gasteiger partial charge in [0, 0.05) is 56.6 Å². The van der Waals surface area contributed by atoms with E-state index in [9.17, 15) is 14.9 Å². The van der Waals surface area contributed by atoms with Crippen molar-refractivity contribution < 1.29 is 9.59 Å². The molecular formula is C25H37N5O2S. The number of hydrogen-bond acceptors (Lipinski definition) is 6. The molecule has 0 radical (unpaired) electrons. The molecule has 2 amide bonds. The number of nitrogens with one attached hydrogen (secondary N) is 1. The zero-order chi connectivity index (χ0) is 23.4. The molecule has 3 heterocycles. The second-order valence-electron chi connectivity index (χ2n) is 10.0. The van der Waals surface area contributed by atoms with Gasteiger partial charge in [-0.3, -0.25) is 14.5 Å². The Balaban J connectivity index is 1.20. The summed E-state index contributed by atoms with van der Waals surface area (Å²) in [6.07, 6.45) is 6.94. The number of piperidine rings is 1. The van der Waals surface area contributed by atoms with Gasteiger partial charge in [0.25, 0.3) is 0 Å². The number of rotatable bonds is 6. The fraction of sp³-hybridized carbons (Fsp3) is 0.720. The summed E-state index contributed by atoms with van der Waals surface area (Å²) in [7, 11) is 0. The SMILES string of the molecule is CC1CCc2c(sc(NC(=O)CCN3CCN(CC(=O)N4CCCCC4C)CC3)c2C#N)C1. The van der Waals surface area contributed by atoms with Gasteiger partial charge in [-0.1, -0.05) is 6.92 Å². The van der Waals surface area contributed by atoms with Gasteiger partial charge in [-0.2, -0.15) is 5.26 Å². The number of fused-ring (bicyclic) bond motifs is 1. The molecule has 0 spiro atoms. The summed E-state index contributed by atoms with van der Waals surface area (Å²) in [5, 5.41) is 13.4. The Bertz CT molecular complexity index is 899. The Morgan fingerprint density at radius 2 is 1.85 bits per heavy atom. The molecule has 1 aromatic rings. The van der Waals surface area contributed by atoms with Gasteiger partial charge in [0.2, 0.25) is 11.8 Å².